The summed E-state index contributed by atoms with van der Waals surface area (Å²) >= 11 is 11.8. The minimum Gasteiger partial charge on any atom is -0.493 e. The Morgan fingerprint density at radius 1 is 0.875 bits per heavy atom. The van der Waals surface area contributed by atoms with Crippen molar-refractivity contribution in [1.29, 1.82) is 0 Å². The number of halogens is 2. The van der Waals surface area contributed by atoms with Crippen LogP contribution in [0, 0.1) is 0 Å². The predicted molar refractivity (Wildman–Crippen MR) is 90.9 cm³/mol. The average Bonchev–Trinajstić information content (AvgIpc) is 2.59. The maximum absolute atomic E-state index is 12.2. The van der Waals surface area contributed by atoms with E-state index in [-0.39, 0.29) is 10.6 Å². The van der Waals surface area contributed by atoms with Crippen molar-refractivity contribution in [2.45, 2.75) is 0 Å². The summed E-state index contributed by atoms with van der Waals surface area (Å²) in [7, 11) is 2.87. The predicted octanol–water partition coefficient (Wildman–Crippen LogP) is 3.09. The molecule has 0 spiro atoms. The first-order valence-corrected chi connectivity index (χ1v) is 7.49. The van der Waals surface area contributed by atoms with Gasteiger partial charge >= 0.3 is 0 Å². The molecule has 2 aromatic rings. The van der Waals surface area contributed by atoms with Crippen molar-refractivity contribution in [3.63, 3.8) is 0 Å². The highest BCUT2D eigenvalue weighted by Crippen LogP contribution is 2.35. The fourth-order valence-electron chi connectivity index (χ4n) is 1.91. The van der Waals surface area contributed by atoms with Gasteiger partial charge in [0, 0.05) is 16.1 Å². The van der Waals surface area contributed by atoms with Crippen LogP contribution in [0.3, 0.4) is 0 Å². The monoisotopic (exact) mass is 368 g/mol. The standard InChI is InChI=1S/C16H14Cl2N2O4/c1-23-13-8-10(7-12(18)14(13)24-2)16(22)20-19-15(21)9-3-5-11(17)6-4-9/h3-8H,1-2H3,(H,19,21)(H,20,22). The molecule has 2 aromatic carbocycles. The Morgan fingerprint density at radius 3 is 2.00 bits per heavy atom. The number of hydrogen-bond donors (Lipinski definition) is 2. The molecule has 24 heavy (non-hydrogen) atoms. The molecule has 0 unspecified atom stereocenters. The van der Waals surface area contributed by atoms with Crippen LogP contribution in [-0.4, -0.2) is 26.0 Å². The first kappa shape index (κ1) is 17.9. The number of carbonyl (C=O) groups excluding carboxylic acids is 2. The molecule has 0 fully saturated rings. The number of hydrazine groups is 1. The van der Waals surface area contributed by atoms with E-state index in [2.05, 4.69) is 10.9 Å². The van der Waals surface area contributed by atoms with Crippen LogP contribution in [0.1, 0.15) is 20.7 Å². The third-order valence-corrected chi connectivity index (χ3v) is 3.62. The Morgan fingerprint density at radius 2 is 1.46 bits per heavy atom. The quantitative estimate of drug-likeness (QED) is 0.813. The zero-order chi connectivity index (χ0) is 17.7. The van der Waals surface area contributed by atoms with Crippen LogP contribution in [0.5, 0.6) is 11.5 Å². The molecule has 6 nitrogen and oxygen atoms in total. The molecule has 2 N–H and O–H groups in total. The first-order chi connectivity index (χ1) is 11.5. The summed E-state index contributed by atoms with van der Waals surface area (Å²) < 4.78 is 10.2. The summed E-state index contributed by atoms with van der Waals surface area (Å²) in [6, 6.07) is 9.09. The van der Waals surface area contributed by atoms with Gasteiger partial charge in [-0.3, -0.25) is 20.4 Å². The van der Waals surface area contributed by atoms with E-state index >= 15 is 0 Å². The van der Waals surface area contributed by atoms with Crippen molar-refractivity contribution in [2.24, 2.45) is 0 Å². The molecule has 0 saturated carbocycles. The SMILES string of the molecule is COc1cc(C(=O)NNC(=O)c2ccc(Cl)cc2)cc(Cl)c1OC. The smallest absolute Gasteiger partial charge is 0.269 e. The van der Waals surface area contributed by atoms with Gasteiger partial charge < -0.3 is 9.47 Å². The zero-order valence-electron chi connectivity index (χ0n) is 12.9. The summed E-state index contributed by atoms with van der Waals surface area (Å²) in [6.45, 7) is 0. The number of methoxy groups -OCH3 is 2. The highest BCUT2D eigenvalue weighted by atomic mass is 35.5. The molecular formula is C16H14Cl2N2O4. The molecule has 2 rings (SSSR count). The molecule has 0 aromatic heterocycles. The van der Waals surface area contributed by atoms with Gasteiger partial charge in [0.25, 0.3) is 11.8 Å². The summed E-state index contributed by atoms with van der Waals surface area (Å²) in [5, 5.41) is 0.724. The molecule has 126 valence electrons. The largest absolute Gasteiger partial charge is 0.493 e. The highest BCUT2D eigenvalue weighted by molar-refractivity contribution is 6.32. The second kappa shape index (κ2) is 7.90. The maximum atomic E-state index is 12.2. The topological polar surface area (TPSA) is 76.7 Å². The van der Waals surface area contributed by atoms with Gasteiger partial charge in [-0.15, -0.1) is 0 Å². The molecule has 0 bridgehead atoms. The summed E-state index contributed by atoms with van der Waals surface area (Å²) in [4.78, 5) is 24.1. The third kappa shape index (κ3) is 4.10. The minimum atomic E-state index is -0.555. The van der Waals surface area contributed by atoms with Gasteiger partial charge in [0.2, 0.25) is 0 Å². The number of carbonyl (C=O) groups is 2. The molecule has 2 amide bonds. The van der Waals surface area contributed by atoms with Gasteiger partial charge in [0.1, 0.15) is 0 Å². The normalized spacial score (nSPS) is 10.0. The van der Waals surface area contributed by atoms with Gasteiger partial charge in [-0.25, -0.2) is 0 Å². The second-order valence-corrected chi connectivity index (χ2v) is 5.45. The lowest BCUT2D eigenvalue weighted by atomic mass is 10.2. The fraction of sp³-hybridized carbons (Fsp3) is 0.125. The van der Waals surface area contributed by atoms with Crippen LogP contribution in [0.15, 0.2) is 36.4 Å². The van der Waals surface area contributed by atoms with E-state index < -0.39 is 11.8 Å². The molecule has 0 aliphatic rings. The third-order valence-electron chi connectivity index (χ3n) is 3.09. The van der Waals surface area contributed by atoms with Gasteiger partial charge in [-0.05, 0) is 36.4 Å². The van der Waals surface area contributed by atoms with E-state index in [1.54, 1.807) is 12.1 Å². The first-order valence-electron chi connectivity index (χ1n) is 6.74. The number of amides is 2. The molecule has 0 heterocycles. The van der Waals surface area contributed by atoms with Crippen molar-refractivity contribution in [3.8, 4) is 11.5 Å². The molecule has 0 atom stereocenters. The van der Waals surface area contributed by atoms with Crippen LogP contribution < -0.4 is 20.3 Å². The Balaban J connectivity index is 2.08. The molecule has 0 saturated heterocycles. The Kier molecular flexibility index (Phi) is 5.89. The fourth-order valence-corrected chi connectivity index (χ4v) is 2.32. The second-order valence-electron chi connectivity index (χ2n) is 4.61. The number of rotatable bonds is 4. The summed E-state index contributed by atoms with van der Waals surface area (Å²) in [5.41, 5.74) is 5.16. The van der Waals surface area contributed by atoms with Crippen LogP contribution >= 0.6 is 23.2 Å². The van der Waals surface area contributed by atoms with Crippen molar-refractivity contribution < 1.29 is 19.1 Å². The van der Waals surface area contributed by atoms with Gasteiger partial charge in [0.05, 0.1) is 19.2 Å². The number of hydrogen-bond acceptors (Lipinski definition) is 4. The summed E-state index contributed by atoms with van der Waals surface area (Å²) in [6.07, 6.45) is 0. The number of ether oxygens (including phenoxy) is 2. The number of nitrogens with one attached hydrogen (secondary N) is 2. The van der Waals surface area contributed by atoms with Crippen LogP contribution in [0.4, 0.5) is 0 Å². The number of benzene rings is 2. The van der Waals surface area contributed by atoms with Crippen molar-refractivity contribution in [1.82, 2.24) is 10.9 Å². The van der Waals surface area contributed by atoms with E-state index in [0.717, 1.165) is 0 Å². The van der Waals surface area contributed by atoms with E-state index in [1.807, 2.05) is 0 Å². The lowest BCUT2D eigenvalue weighted by Gasteiger charge is -2.12. The van der Waals surface area contributed by atoms with E-state index in [1.165, 1.54) is 38.5 Å². The van der Waals surface area contributed by atoms with Gasteiger partial charge in [0.15, 0.2) is 11.5 Å². The van der Waals surface area contributed by atoms with E-state index in [0.29, 0.717) is 22.1 Å². The lowest BCUT2D eigenvalue weighted by Crippen LogP contribution is -2.41. The van der Waals surface area contributed by atoms with Crippen molar-refractivity contribution in [2.75, 3.05) is 14.2 Å². The molecule has 8 heteroatoms. The van der Waals surface area contributed by atoms with Gasteiger partial charge in [-0.1, -0.05) is 23.2 Å². The molecule has 0 radical (unpaired) electrons. The Hall–Kier alpha value is -2.44. The van der Waals surface area contributed by atoms with E-state index in [4.69, 9.17) is 32.7 Å². The molecular weight excluding hydrogens is 355 g/mol. The van der Waals surface area contributed by atoms with Gasteiger partial charge in [-0.2, -0.15) is 0 Å². The zero-order valence-corrected chi connectivity index (χ0v) is 14.4. The lowest BCUT2D eigenvalue weighted by molar-refractivity contribution is 0.0846. The minimum absolute atomic E-state index is 0.203. The average molecular weight is 369 g/mol. The van der Waals surface area contributed by atoms with Crippen LogP contribution in [0.2, 0.25) is 10.0 Å². The summed E-state index contributed by atoms with van der Waals surface area (Å²) in [5.74, 6) is -0.410. The maximum Gasteiger partial charge on any atom is 0.269 e. The molecule has 0 aliphatic carbocycles. The van der Waals surface area contributed by atoms with Crippen LogP contribution in [-0.2, 0) is 0 Å². The van der Waals surface area contributed by atoms with Crippen molar-refractivity contribution in [3.05, 3.63) is 57.6 Å². The van der Waals surface area contributed by atoms with Crippen LogP contribution in [0.25, 0.3) is 0 Å². The Labute approximate surface area is 148 Å². The Bertz CT molecular complexity index is 763. The van der Waals surface area contributed by atoms with Crippen molar-refractivity contribution >= 4 is 35.0 Å². The molecule has 0 aliphatic heterocycles. The highest BCUT2D eigenvalue weighted by Gasteiger charge is 2.16. The van der Waals surface area contributed by atoms with E-state index in [9.17, 15) is 9.59 Å².